The maximum Gasteiger partial charge on any atom is 0.291 e. The summed E-state index contributed by atoms with van der Waals surface area (Å²) in [5.74, 6) is 0.812. The Morgan fingerprint density at radius 3 is 2.50 bits per heavy atom. The van der Waals surface area contributed by atoms with Crippen LogP contribution < -0.4 is 14.9 Å². The highest BCUT2D eigenvalue weighted by Gasteiger charge is 2.43. The average molecular weight is 580 g/mol. The van der Waals surface area contributed by atoms with Gasteiger partial charge in [-0.2, -0.15) is 0 Å². The van der Waals surface area contributed by atoms with E-state index in [0.29, 0.717) is 40.6 Å². The standard InChI is InChI=1S/C30H27BrFNO5/c1-17(2)12-13-37-24-10-6-19(14-25(24)36-3)27-26-28(34)22-15-20(31)7-11-23(22)38-29(26)30(35)33(27)16-18-4-8-21(32)9-5-18/h4-11,14-15,17,27H,12-13,16H2,1-3H3. The maximum atomic E-state index is 13.8. The fraction of sp³-hybridized carbons (Fsp3) is 0.267. The monoisotopic (exact) mass is 579 g/mol. The Bertz CT molecular complexity index is 1560. The van der Waals surface area contributed by atoms with Gasteiger partial charge in [-0.25, -0.2) is 4.39 Å². The third kappa shape index (κ3) is 4.92. The van der Waals surface area contributed by atoms with E-state index in [0.717, 1.165) is 16.5 Å². The molecule has 0 bridgehead atoms. The van der Waals surface area contributed by atoms with Crippen LogP contribution in [0, 0.1) is 11.7 Å². The molecule has 8 heteroatoms. The Hall–Kier alpha value is -3.65. The van der Waals surface area contributed by atoms with Gasteiger partial charge in [0.05, 0.1) is 30.7 Å². The van der Waals surface area contributed by atoms with Crippen LogP contribution >= 0.6 is 15.9 Å². The van der Waals surface area contributed by atoms with Crippen LogP contribution in [-0.4, -0.2) is 24.5 Å². The molecule has 3 aromatic carbocycles. The van der Waals surface area contributed by atoms with E-state index in [4.69, 9.17) is 13.9 Å². The largest absolute Gasteiger partial charge is 0.493 e. The minimum Gasteiger partial charge on any atom is -0.493 e. The number of benzene rings is 3. The third-order valence-corrected chi connectivity index (χ3v) is 7.14. The summed E-state index contributed by atoms with van der Waals surface area (Å²) in [7, 11) is 1.55. The minimum atomic E-state index is -0.735. The molecule has 196 valence electrons. The molecule has 0 saturated carbocycles. The van der Waals surface area contributed by atoms with Crippen LogP contribution in [0.25, 0.3) is 11.0 Å². The van der Waals surface area contributed by atoms with Crippen molar-refractivity contribution in [3.05, 3.63) is 104 Å². The van der Waals surface area contributed by atoms with Crippen molar-refractivity contribution < 1.29 is 23.1 Å². The molecule has 1 aromatic heterocycles. The highest BCUT2D eigenvalue weighted by Crippen LogP contribution is 2.42. The van der Waals surface area contributed by atoms with E-state index in [9.17, 15) is 14.0 Å². The Morgan fingerprint density at radius 2 is 1.79 bits per heavy atom. The molecule has 0 saturated heterocycles. The number of halogens is 2. The third-order valence-electron chi connectivity index (χ3n) is 6.65. The van der Waals surface area contributed by atoms with Crippen LogP contribution in [0.4, 0.5) is 4.39 Å². The van der Waals surface area contributed by atoms with Gasteiger partial charge in [-0.05, 0) is 65.9 Å². The van der Waals surface area contributed by atoms with Crippen LogP contribution in [0.3, 0.4) is 0 Å². The van der Waals surface area contributed by atoms with Crippen molar-refractivity contribution >= 4 is 32.8 Å². The van der Waals surface area contributed by atoms with Crippen molar-refractivity contribution in [3.8, 4) is 11.5 Å². The minimum absolute atomic E-state index is 0.00756. The lowest BCUT2D eigenvalue weighted by Crippen LogP contribution is -2.29. The van der Waals surface area contributed by atoms with Crippen LogP contribution in [0.1, 0.15) is 53.6 Å². The van der Waals surface area contributed by atoms with Gasteiger partial charge < -0.3 is 18.8 Å². The zero-order valence-electron chi connectivity index (χ0n) is 21.3. The molecule has 2 heterocycles. The molecule has 1 atom stereocenters. The molecule has 0 spiro atoms. The number of carbonyl (C=O) groups excluding carboxylic acids is 1. The fourth-order valence-corrected chi connectivity index (χ4v) is 5.03. The Balaban J connectivity index is 1.63. The molecule has 4 aromatic rings. The van der Waals surface area contributed by atoms with Crippen molar-refractivity contribution in [2.75, 3.05) is 13.7 Å². The summed E-state index contributed by atoms with van der Waals surface area (Å²) in [6, 6.07) is 15.7. The molecular formula is C30H27BrFNO5. The second kappa shape index (κ2) is 10.6. The molecular weight excluding hydrogens is 553 g/mol. The Morgan fingerprint density at radius 1 is 1.03 bits per heavy atom. The molecule has 38 heavy (non-hydrogen) atoms. The van der Waals surface area contributed by atoms with Crippen molar-refractivity contribution in [2.24, 2.45) is 5.92 Å². The maximum absolute atomic E-state index is 13.8. The lowest BCUT2D eigenvalue weighted by atomic mass is 9.97. The molecule has 1 aliphatic heterocycles. The lowest BCUT2D eigenvalue weighted by Gasteiger charge is -2.26. The van der Waals surface area contributed by atoms with Crippen LogP contribution in [0.2, 0.25) is 0 Å². The van der Waals surface area contributed by atoms with Crippen molar-refractivity contribution in [1.29, 1.82) is 0 Å². The smallest absolute Gasteiger partial charge is 0.291 e. The van der Waals surface area contributed by atoms with Crippen LogP contribution in [0.15, 0.2) is 74.3 Å². The van der Waals surface area contributed by atoms with E-state index in [1.54, 1.807) is 54.5 Å². The molecule has 0 fully saturated rings. The van der Waals surface area contributed by atoms with E-state index >= 15 is 0 Å². The highest BCUT2D eigenvalue weighted by molar-refractivity contribution is 9.10. The zero-order valence-corrected chi connectivity index (χ0v) is 22.9. The van der Waals surface area contributed by atoms with Gasteiger partial charge in [-0.1, -0.05) is 48.0 Å². The van der Waals surface area contributed by atoms with Crippen LogP contribution in [0.5, 0.6) is 11.5 Å². The van der Waals surface area contributed by atoms with Crippen molar-refractivity contribution in [3.63, 3.8) is 0 Å². The van der Waals surface area contributed by atoms with E-state index in [1.165, 1.54) is 12.1 Å². The molecule has 0 N–H and O–H groups in total. The van der Waals surface area contributed by atoms with Gasteiger partial charge in [-0.15, -0.1) is 0 Å². The molecule has 6 nitrogen and oxygen atoms in total. The summed E-state index contributed by atoms with van der Waals surface area (Å²) in [6.45, 7) is 4.95. The van der Waals surface area contributed by atoms with E-state index in [-0.39, 0.29) is 29.1 Å². The predicted molar refractivity (Wildman–Crippen MR) is 146 cm³/mol. The number of fused-ring (bicyclic) bond motifs is 2. The van der Waals surface area contributed by atoms with Gasteiger partial charge in [0.1, 0.15) is 11.4 Å². The molecule has 1 aliphatic rings. The zero-order chi connectivity index (χ0) is 27.0. The SMILES string of the molecule is COc1cc(C2c3c(oc4ccc(Br)cc4c3=O)C(=O)N2Cc2ccc(F)cc2)ccc1OCCC(C)C. The predicted octanol–water partition coefficient (Wildman–Crippen LogP) is 6.87. The van der Waals surface area contributed by atoms with Gasteiger partial charge in [0.2, 0.25) is 5.76 Å². The quantitative estimate of drug-likeness (QED) is 0.228. The second-order valence-corrected chi connectivity index (χ2v) is 10.6. The average Bonchev–Trinajstić information content (AvgIpc) is 3.17. The van der Waals surface area contributed by atoms with Crippen molar-refractivity contribution in [2.45, 2.75) is 32.9 Å². The highest BCUT2D eigenvalue weighted by atomic mass is 79.9. The Labute approximate surface area is 228 Å². The first-order valence-corrected chi connectivity index (χ1v) is 13.2. The van der Waals surface area contributed by atoms with E-state index in [2.05, 4.69) is 29.8 Å². The second-order valence-electron chi connectivity index (χ2n) is 9.72. The number of hydrogen-bond acceptors (Lipinski definition) is 5. The molecule has 5 rings (SSSR count). The van der Waals surface area contributed by atoms with Gasteiger partial charge in [0.25, 0.3) is 5.91 Å². The molecule has 0 radical (unpaired) electrons. The summed E-state index contributed by atoms with van der Waals surface area (Å²) >= 11 is 3.42. The number of amides is 1. The number of methoxy groups -OCH3 is 1. The number of carbonyl (C=O) groups is 1. The van der Waals surface area contributed by atoms with Crippen LogP contribution in [-0.2, 0) is 6.54 Å². The van der Waals surface area contributed by atoms with Gasteiger partial charge >= 0.3 is 0 Å². The molecule has 1 unspecified atom stereocenters. The normalized spacial score (nSPS) is 14.8. The van der Waals surface area contributed by atoms with Gasteiger partial charge in [0.15, 0.2) is 16.9 Å². The first-order chi connectivity index (χ1) is 18.3. The van der Waals surface area contributed by atoms with Gasteiger partial charge in [-0.3, -0.25) is 9.59 Å². The number of nitrogens with zero attached hydrogens (tertiary/aromatic N) is 1. The van der Waals surface area contributed by atoms with E-state index in [1.807, 2.05) is 6.07 Å². The number of hydrogen-bond donors (Lipinski definition) is 0. The summed E-state index contributed by atoms with van der Waals surface area (Å²) in [5, 5.41) is 0.375. The number of ether oxygens (including phenoxy) is 2. The van der Waals surface area contributed by atoms with Crippen molar-refractivity contribution in [1.82, 2.24) is 4.90 Å². The van der Waals surface area contributed by atoms with E-state index < -0.39 is 11.9 Å². The van der Waals surface area contributed by atoms with Gasteiger partial charge in [0, 0.05) is 11.0 Å². The molecule has 1 amide bonds. The molecule has 0 aliphatic carbocycles. The first kappa shape index (κ1) is 26.0. The Kier molecular flexibility index (Phi) is 7.25. The lowest BCUT2D eigenvalue weighted by molar-refractivity contribution is 0.0714. The fourth-order valence-electron chi connectivity index (χ4n) is 4.67. The summed E-state index contributed by atoms with van der Waals surface area (Å²) in [5.41, 5.74) is 1.71. The summed E-state index contributed by atoms with van der Waals surface area (Å²) in [6.07, 6.45) is 0.893. The topological polar surface area (TPSA) is 69.0 Å². The summed E-state index contributed by atoms with van der Waals surface area (Å²) < 4.78 is 31.9. The number of rotatable bonds is 8. The first-order valence-electron chi connectivity index (χ1n) is 12.4. The summed E-state index contributed by atoms with van der Waals surface area (Å²) in [4.78, 5) is 29.1.